The van der Waals surface area contributed by atoms with Crippen molar-refractivity contribution >= 4 is 23.2 Å². The van der Waals surface area contributed by atoms with Crippen LogP contribution in [0.1, 0.15) is 41.0 Å². The van der Waals surface area contributed by atoms with Crippen molar-refractivity contribution in [1.29, 1.82) is 0 Å². The van der Waals surface area contributed by atoms with E-state index >= 15 is 0 Å². The first kappa shape index (κ1) is 14.0. The second-order valence-electron chi connectivity index (χ2n) is 4.71. The lowest BCUT2D eigenvalue weighted by Crippen LogP contribution is -2.38. The summed E-state index contributed by atoms with van der Waals surface area (Å²) in [4.78, 5) is 30.2. The molecule has 0 aliphatic carbocycles. The van der Waals surface area contributed by atoms with Gasteiger partial charge in [-0.15, -0.1) is 11.3 Å². The van der Waals surface area contributed by atoms with Crippen LogP contribution in [-0.2, 0) is 4.79 Å². The quantitative estimate of drug-likeness (QED) is 0.911. The predicted molar refractivity (Wildman–Crippen MR) is 74.2 cm³/mol. The molecule has 0 radical (unpaired) electrons. The standard InChI is InChI=1S/C13H19N3O2S/c1-10-12(19-9-15-10)13(18)14-6-8-16-7-4-2-3-5-11(16)17/h9H,2-8H2,1H3,(H,14,18). The van der Waals surface area contributed by atoms with E-state index in [2.05, 4.69) is 10.3 Å². The Morgan fingerprint density at radius 1 is 1.47 bits per heavy atom. The molecule has 0 aromatic carbocycles. The fourth-order valence-electron chi connectivity index (χ4n) is 2.18. The highest BCUT2D eigenvalue weighted by Gasteiger charge is 2.17. The second-order valence-corrected chi connectivity index (χ2v) is 5.57. The van der Waals surface area contributed by atoms with E-state index in [1.165, 1.54) is 11.3 Å². The van der Waals surface area contributed by atoms with Crippen LogP contribution in [0.25, 0.3) is 0 Å². The van der Waals surface area contributed by atoms with Gasteiger partial charge in [0.05, 0.1) is 11.2 Å². The predicted octanol–water partition coefficient (Wildman–Crippen LogP) is 1.58. The van der Waals surface area contributed by atoms with E-state index in [1.54, 1.807) is 5.51 Å². The summed E-state index contributed by atoms with van der Waals surface area (Å²) in [7, 11) is 0. The van der Waals surface area contributed by atoms with Gasteiger partial charge in [-0.2, -0.15) is 0 Å². The van der Waals surface area contributed by atoms with Crippen molar-refractivity contribution in [3.63, 3.8) is 0 Å². The number of hydrogen-bond acceptors (Lipinski definition) is 4. The second kappa shape index (κ2) is 6.65. The third-order valence-electron chi connectivity index (χ3n) is 3.29. The minimum absolute atomic E-state index is 0.0951. The monoisotopic (exact) mass is 281 g/mol. The molecule has 2 amide bonds. The Morgan fingerprint density at radius 3 is 3.05 bits per heavy atom. The van der Waals surface area contributed by atoms with Gasteiger partial charge in [0.15, 0.2) is 0 Å². The zero-order chi connectivity index (χ0) is 13.7. The molecule has 0 unspecified atom stereocenters. The summed E-state index contributed by atoms with van der Waals surface area (Å²) in [5.74, 6) is 0.114. The number of nitrogens with zero attached hydrogens (tertiary/aromatic N) is 2. The SMILES string of the molecule is Cc1ncsc1C(=O)NCCN1CCCCCC1=O. The smallest absolute Gasteiger partial charge is 0.263 e. The molecule has 1 N–H and O–H groups in total. The van der Waals surface area contributed by atoms with Crippen LogP contribution in [0.5, 0.6) is 0 Å². The third kappa shape index (κ3) is 3.76. The van der Waals surface area contributed by atoms with Crippen LogP contribution in [0, 0.1) is 6.92 Å². The van der Waals surface area contributed by atoms with E-state index in [9.17, 15) is 9.59 Å². The van der Waals surface area contributed by atoms with Crippen LogP contribution >= 0.6 is 11.3 Å². The van der Waals surface area contributed by atoms with E-state index in [-0.39, 0.29) is 11.8 Å². The molecule has 0 bridgehead atoms. The Morgan fingerprint density at radius 2 is 2.32 bits per heavy atom. The Hall–Kier alpha value is -1.43. The summed E-state index contributed by atoms with van der Waals surface area (Å²) in [5, 5.41) is 2.85. The van der Waals surface area contributed by atoms with E-state index in [1.807, 2.05) is 11.8 Å². The number of carbonyl (C=O) groups excluding carboxylic acids is 2. The fourth-order valence-corrected chi connectivity index (χ4v) is 2.90. The number of nitrogens with one attached hydrogen (secondary N) is 1. The lowest BCUT2D eigenvalue weighted by Gasteiger charge is -2.20. The van der Waals surface area contributed by atoms with Crippen molar-refractivity contribution in [3.05, 3.63) is 16.1 Å². The largest absolute Gasteiger partial charge is 0.350 e. The molecule has 0 spiro atoms. The number of carbonyl (C=O) groups is 2. The van der Waals surface area contributed by atoms with Gasteiger partial charge in [0, 0.05) is 26.1 Å². The Kier molecular flexibility index (Phi) is 4.90. The Labute approximate surface area is 117 Å². The summed E-state index contributed by atoms with van der Waals surface area (Å²) in [6, 6.07) is 0. The first-order chi connectivity index (χ1) is 9.18. The zero-order valence-corrected chi connectivity index (χ0v) is 12.0. The van der Waals surface area contributed by atoms with Crippen LogP contribution < -0.4 is 5.32 Å². The van der Waals surface area contributed by atoms with Crippen LogP contribution in [0.2, 0.25) is 0 Å². The first-order valence-electron chi connectivity index (χ1n) is 6.64. The van der Waals surface area contributed by atoms with Gasteiger partial charge in [-0.25, -0.2) is 4.98 Å². The normalized spacial score (nSPS) is 16.3. The van der Waals surface area contributed by atoms with Gasteiger partial charge in [0.2, 0.25) is 5.91 Å². The van der Waals surface area contributed by atoms with E-state index in [0.29, 0.717) is 24.4 Å². The molecule has 1 aromatic heterocycles. The van der Waals surface area contributed by atoms with Crippen molar-refractivity contribution in [3.8, 4) is 0 Å². The topological polar surface area (TPSA) is 62.3 Å². The van der Waals surface area contributed by atoms with Crippen molar-refractivity contribution in [2.45, 2.75) is 32.6 Å². The molecule has 0 saturated carbocycles. The summed E-state index contributed by atoms with van der Waals surface area (Å²) < 4.78 is 0. The summed E-state index contributed by atoms with van der Waals surface area (Å²) in [6.45, 7) is 3.74. The molecule has 1 fully saturated rings. The molecule has 1 saturated heterocycles. The van der Waals surface area contributed by atoms with Gasteiger partial charge in [-0.3, -0.25) is 9.59 Å². The van der Waals surface area contributed by atoms with Gasteiger partial charge in [0.25, 0.3) is 5.91 Å². The molecule has 2 heterocycles. The third-order valence-corrected chi connectivity index (χ3v) is 4.22. The maximum absolute atomic E-state index is 11.9. The van der Waals surface area contributed by atoms with Crippen LogP contribution in [0.3, 0.4) is 0 Å². The average Bonchev–Trinajstić information content (AvgIpc) is 2.71. The first-order valence-corrected chi connectivity index (χ1v) is 7.52. The highest BCUT2D eigenvalue weighted by Crippen LogP contribution is 2.12. The Bertz CT molecular complexity index is 458. The molecule has 6 heteroatoms. The van der Waals surface area contributed by atoms with Gasteiger partial charge in [-0.1, -0.05) is 6.42 Å². The lowest BCUT2D eigenvalue weighted by molar-refractivity contribution is -0.130. The molecule has 104 valence electrons. The Balaban J connectivity index is 1.78. The van der Waals surface area contributed by atoms with Crippen LogP contribution in [0.15, 0.2) is 5.51 Å². The number of thiazole rings is 1. The number of rotatable bonds is 4. The molecule has 0 atom stereocenters. The van der Waals surface area contributed by atoms with E-state index in [4.69, 9.17) is 0 Å². The van der Waals surface area contributed by atoms with E-state index in [0.717, 1.165) is 31.5 Å². The number of aryl methyl sites for hydroxylation is 1. The van der Waals surface area contributed by atoms with Gasteiger partial charge < -0.3 is 10.2 Å². The maximum Gasteiger partial charge on any atom is 0.263 e. The van der Waals surface area contributed by atoms with Gasteiger partial charge in [-0.05, 0) is 19.8 Å². The van der Waals surface area contributed by atoms with E-state index < -0.39 is 0 Å². The number of aromatic nitrogens is 1. The lowest BCUT2D eigenvalue weighted by atomic mass is 10.2. The molecule has 2 rings (SSSR count). The number of amides is 2. The maximum atomic E-state index is 11.9. The molecular weight excluding hydrogens is 262 g/mol. The molecule has 1 aliphatic heterocycles. The van der Waals surface area contributed by atoms with Crippen molar-refractivity contribution < 1.29 is 9.59 Å². The molecule has 19 heavy (non-hydrogen) atoms. The summed E-state index contributed by atoms with van der Waals surface area (Å²) in [5.41, 5.74) is 2.43. The minimum Gasteiger partial charge on any atom is -0.350 e. The fraction of sp³-hybridized carbons (Fsp3) is 0.615. The van der Waals surface area contributed by atoms with Crippen LogP contribution in [0.4, 0.5) is 0 Å². The van der Waals surface area contributed by atoms with Crippen molar-refractivity contribution in [2.24, 2.45) is 0 Å². The van der Waals surface area contributed by atoms with Crippen molar-refractivity contribution in [1.82, 2.24) is 15.2 Å². The summed E-state index contributed by atoms with van der Waals surface area (Å²) >= 11 is 1.34. The highest BCUT2D eigenvalue weighted by molar-refractivity contribution is 7.11. The molecular formula is C13H19N3O2S. The number of hydrogen-bond donors (Lipinski definition) is 1. The van der Waals surface area contributed by atoms with Gasteiger partial charge >= 0.3 is 0 Å². The number of likely N-dealkylation sites (tertiary alicyclic amines) is 1. The van der Waals surface area contributed by atoms with Crippen LogP contribution in [-0.4, -0.2) is 41.3 Å². The zero-order valence-electron chi connectivity index (χ0n) is 11.1. The molecule has 5 nitrogen and oxygen atoms in total. The van der Waals surface area contributed by atoms with Gasteiger partial charge in [0.1, 0.15) is 4.88 Å². The highest BCUT2D eigenvalue weighted by atomic mass is 32.1. The molecule has 1 aliphatic rings. The molecule has 1 aromatic rings. The summed E-state index contributed by atoms with van der Waals surface area (Å²) in [6.07, 6.45) is 3.81. The average molecular weight is 281 g/mol. The minimum atomic E-state index is -0.0951. The van der Waals surface area contributed by atoms with Crippen molar-refractivity contribution in [2.75, 3.05) is 19.6 Å².